The molecule has 0 saturated carbocycles. The number of aryl methyl sites for hydroxylation is 1. The van der Waals surface area contributed by atoms with Crippen LogP contribution in [0.1, 0.15) is 18.5 Å². The Morgan fingerprint density at radius 1 is 1.21 bits per heavy atom. The number of nitrogens with one attached hydrogen (secondary N) is 1. The van der Waals surface area contributed by atoms with Crippen LogP contribution in [-0.2, 0) is 16.9 Å². The van der Waals surface area contributed by atoms with E-state index in [-0.39, 0.29) is 6.04 Å². The number of hydrogen-bond donors (Lipinski definition) is 1. The van der Waals surface area contributed by atoms with E-state index in [0.717, 1.165) is 11.4 Å². The Labute approximate surface area is 113 Å². The summed E-state index contributed by atoms with van der Waals surface area (Å²) in [6.07, 6.45) is 3.07. The molecule has 0 aliphatic carbocycles. The van der Waals surface area contributed by atoms with E-state index in [1.54, 1.807) is 16.8 Å². The maximum atomic E-state index is 11.4. The average Bonchev–Trinajstić information content (AvgIpc) is 2.74. The van der Waals surface area contributed by atoms with Gasteiger partial charge in [0.25, 0.3) is 0 Å². The summed E-state index contributed by atoms with van der Waals surface area (Å²) in [5.41, 5.74) is 1.01. The Kier molecular flexibility index (Phi) is 3.61. The van der Waals surface area contributed by atoms with Crippen molar-refractivity contribution in [1.82, 2.24) is 9.78 Å². The lowest BCUT2D eigenvalue weighted by Gasteiger charge is -2.13. The van der Waals surface area contributed by atoms with Gasteiger partial charge in [0.05, 0.1) is 4.90 Å². The van der Waals surface area contributed by atoms with Gasteiger partial charge in [0.2, 0.25) is 0 Å². The van der Waals surface area contributed by atoms with Crippen molar-refractivity contribution >= 4 is 15.7 Å². The van der Waals surface area contributed by atoms with Gasteiger partial charge in [0, 0.05) is 31.6 Å². The Balaban J connectivity index is 2.14. The zero-order valence-corrected chi connectivity index (χ0v) is 12.0. The van der Waals surface area contributed by atoms with Gasteiger partial charge in [-0.25, -0.2) is 8.42 Å². The van der Waals surface area contributed by atoms with E-state index in [2.05, 4.69) is 10.4 Å². The summed E-state index contributed by atoms with van der Waals surface area (Å²) < 4.78 is 24.5. The molecule has 19 heavy (non-hydrogen) atoms. The van der Waals surface area contributed by atoms with Crippen LogP contribution in [0.2, 0.25) is 0 Å². The molecule has 1 N–H and O–H groups in total. The molecule has 1 unspecified atom stereocenters. The second-order valence-corrected chi connectivity index (χ2v) is 6.60. The molecule has 0 aliphatic rings. The summed E-state index contributed by atoms with van der Waals surface area (Å²) in [6, 6.07) is 8.83. The Morgan fingerprint density at radius 2 is 1.84 bits per heavy atom. The fourth-order valence-corrected chi connectivity index (χ4v) is 2.43. The molecule has 1 atom stereocenters. The van der Waals surface area contributed by atoms with Gasteiger partial charge in [-0.3, -0.25) is 4.68 Å². The number of anilines is 1. The predicted molar refractivity (Wildman–Crippen MR) is 74.8 cm³/mol. The molecule has 5 nitrogen and oxygen atoms in total. The Hall–Kier alpha value is -1.82. The lowest BCUT2D eigenvalue weighted by atomic mass is 10.1. The lowest BCUT2D eigenvalue weighted by Crippen LogP contribution is -2.08. The summed E-state index contributed by atoms with van der Waals surface area (Å²) in [4.78, 5) is 0.335. The molecule has 1 aromatic carbocycles. The number of hydrogen-bond acceptors (Lipinski definition) is 4. The first-order valence-corrected chi connectivity index (χ1v) is 7.81. The van der Waals surface area contributed by atoms with E-state index in [0.29, 0.717) is 4.90 Å². The minimum absolute atomic E-state index is 0.0588. The van der Waals surface area contributed by atoms with Crippen LogP contribution in [-0.4, -0.2) is 24.5 Å². The van der Waals surface area contributed by atoms with Crippen molar-refractivity contribution in [3.63, 3.8) is 0 Å². The number of benzene rings is 1. The SMILES string of the molecule is CC(Nc1ccn(C)n1)c1ccc(S(C)(=O)=O)cc1. The molecule has 0 aliphatic heterocycles. The monoisotopic (exact) mass is 279 g/mol. The van der Waals surface area contributed by atoms with Crippen LogP contribution in [0.5, 0.6) is 0 Å². The second kappa shape index (κ2) is 5.05. The van der Waals surface area contributed by atoms with Gasteiger partial charge in [0.1, 0.15) is 5.82 Å². The minimum Gasteiger partial charge on any atom is -0.362 e. The normalized spacial score (nSPS) is 13.2. The van der Waals surface area contributed by atoms with Crippen LogP contribution in [0.3, 0.4) is 0 Å². The van der Waals surface area contributed by atoms with E-state index in [1.165, 1.54) is 6.26 Å². The Bertz CT molecular complexity index is 659. The molecular formula is C13H17N3O2S. The van der Waals surface area contributed by atoms with Crippen molar-refractivity contribution in [3.05, 3.63) is 42.1 Å². The largest absolute Gasteiger partial charge is 0.362 e. The van der Waals surface area contributed by atoms with Crippen LogP contribution in [0.25, 0.3) is 0 Å². The third-order valence-electron chi connectivity index (χ3n) is 2.89. The van der Waals surface area contributed by atoms with Gasteiger partial charge in [-0.15, -0.1) is 0 Å². The number of sulfone groups is 1. The van der Waals surface area contributed by atoms with Gasteiger partial charge >= 0.3 is 0 Å². The molecule has 0 radical (unpaired) electrons. The smallest absolute Gasteiger partial charge is 0.175 e. The van der Waals surface area contributed by atoms with Crippen molar-refractivity contribution in [2.45, 2.75) is 17.9 Å². The third-order valence-corrected chi connectivity index (χ3v) is 4.01. The molecule has 1 aromatic heterocycles. The van der Waals surface area contributed by atoms with Crippen LogP contribution >= 0.6 is 0 Å². The standard InChI is InChI=1S/C13H17N3O2S/c1-10(14-13-8-9-16(2)15-13)11-4-6-12(7-5-11)19(3,17)18/h4-10H,1-3H3,(H,14,15). The van der Waals surface area contributed by atoms with Gasteiger partial charge in [-0.2, -0.15) is 5.10 Å². The highest BCUT2D eigenvalue weighted by Crippen LogP contribution is 2.19. The highest BCUT2D eigenvalue weighted by atomic mass is 32.2. The van der Waals surface area contributed by atoms with Crippen LogP contribution in [0.4, 0.5) is 5.82 Å². The number of rotatable bonds is 4. The average molecular weight is 279 g/mol. The molecule has 102 valence electrons. The van der Waals surface area contributed by atoms with Gasteiger partial charge < -0.3 is 5.32 Å². The molecule has 6 heteroatoms. The van der Waals surface area contributed by atoms with E-state index in [1.807, 2.05) is 38.4 Å². The quantitative estimate of drug-likeness (QED) is 0.929. The fourth-order valence-electron chi connectivity index (χ4n) is 1.80. The molecule has 2 rings (SSSR count). The van der Waals surface area contributed by atoms with Crippen LogP contribution in [0, 0.1) is 0 Å². The van der Waals surface area contributed by atoms with E-state index >= 15 is 0 Å². The zero-order valence-electron chi connectivity index (χ0n) is 11.2. The first-order valence-electron chi connectivity index (χ1n) is 5.92. The summed E-state index contributed by atoms with van der Waals surface area (Å²) in [5, 5.41) is 7.50. The van der Waals surface area contributed by atoms with Crippen LogP contribution < -0.4 is 5.32 Å². The van der Waals surface area contributed by atoms with E-state index in [4.69, 9.17) is 0 Å². The van der Waals surface area contributed by atoms with Gasteiger partial charge in [0.15, 0.2) is 9.84 Å². The number of nitrogens with zero attached hydrogens (tertiary/aromatic N) is 2. The lowest BCUT2D eigenvalue weighted by molar-refractivity contribution is 0.602. The van der Waals surface area contributed by atoms with Crippen molar-refractivity contribution in [3.8, 4) is 0 Å². The third kappa shape index (κ3) is 3.35. The Morgan fingerprint density at radius 3 is 2.32 bits per heavy atom. The van der Waals surface area contributed by atoms with Gasteiger partial charge in [-0.1, -0.05) is 12.1 Å². The summed E-state index contributed by atoms with van der Waals surface area (Å²) >= 11 is 0. The van der Waals surface area contributed by atoms with E-state index < -0.39 is 9.84 Å². The molecule has 0 bridgehead atoms. The molecule has 2 aromatic rings. The highest BCUT2D eigenvalue weighted by Gasteiger charge is 2.10. The van der Waals surface area contributed by atoms with Crippen molar-refractivity contribution in [2.24, 2.45) is 7.05 Å². The molecule has 0 saturated heterocycles. The molecule has 0 spiro atoms. The van der Waals surface area contributed by atoms with Crippen molar-refractivity contribution in [2.75, 3.05) is 11.6 Å². The first-order chi connectivity index (χ1) is 8.86. The maximum Gasteiger partial charge on any atom is 0.175 e. The predicted octanol–water partition coefficient (Wildman–Crippen LogP) is 2.00. The molecule has 1 heterocycles. The summed E-state index contributed by atoms with van der Waals surface area (Å²) in [6.45, 7) is 2.00. The second-order valence-electron chi connectivity index (χ2n) is 4.58. The topological polar surface area (TPSA) is 64.0 Å². The summed E-state index contributed by atoms with van der Waals surface area (Å²) in [7, 11) is -1.28. The van der Waals surface area contributed by atoms with E-state index in [9.17, 15) is 8.42 Å². The summed E-state index contributed by atoms with van der Waals surface area (Å²) in [5.74, 6) is 0.794. The molecular weight excluding hydrogens is 262 g/mol. The van der Waals surface area contributed by atoms with Crippen molar-refractivity contribution < 1.29 is 8.42 Å². The molecule has 0 amide bonds. The minimum atomic E-state index is -3.14. The fraction of sp³-hybridized carbons (Fsp3) is 0.308. The highest BCUT2D eigenvalue weighted by molar-refractivity contribution is 7.90. The van der Waals surface area contributed by atoms with Crippen molar-refractivity contribution in [1.29, 1.82) is 0 Å². The van der Waals surface area contributed by atoms with Crippen LogP contribution in [0.15, 0.2) is 41.4 Å². The zero-order chi connectivity index (χ0) is 14.0. The number of aromatic nitrogens is 2. The van der Waals surface area contributed by atoms with Gasteiger partial charge in [-0.05, 0) is 24.6 Å². The molecule has 0 fully saturated rings. The first kappa shape index (κ1) is 13.6. The maximum absolute atomic E-state index is 11.4.